The van der Waals surface area contributed by atoms with Crippen molar-refractivity contribution in [2.24, 2.45) is 0 Å². The Hall–Kier alpha value is -1.62. The molecule has 0 aromatic heterocycles. The quantitative estimate of drug-likeness (QED) is 0.751. The molecule has 0 fully saturated rings. The number of carbonyl (C=O) groups is 1. The number of carboxylic acid groups (broad SMARTS) is 1. The van der Waals surface area contributed by atoms with Crippen molar-refractivity contribution in [1.82, 2.24) is 0 Å². The monoisotopic (exact) mass is 360 g/mol. The van der Waals surface area contributed by atoms with Crippen LogP contribution < -0.4 is 9.47 Å². The molecule has 0 saturated carbocycles. The van der Waals surface area contributed by atoms with Crippen LogP contribution in [0.1, 0.15) is 10.4 Å². The molecule has 22 heavy (non-hydrogen) atoms. The lowest BCUT2D eigenvalue weighted by atomic mass is 10.2. The second-order valence-corrected chi connectivity index (χ2v) is 5.48. The van der Waals surface area contributed by atoms with E-state index in [0.717, 1.165) is 0 Å². The first-order valence-corrected chi connectivity index (χ1v) is 7.34. The van der Waals surface area contributed by atoms with Gasteiger partial charge in [-0.05, 0) is 30.3 Å². The van der Waals surface area contributed by atoms with Crippen LogP contribution in [0.4, 0.5) is 0 Å². The van der Waals surface area contributed by atoms with Crippen LogP contribution in [0.3, 0.4) is 0 Å². The van der Waals surface area contributed by atoms with Crippen LogP contribution in [0, 0.1) is 0 Å². The maximum atomic E-state index is 10.9. The van der Waals surface area contributed by atoms with Crippen molar-refractivity contribution in [2.45, 2.75) is 0 Å². The zero-order valence-corrected chi connectivity index (χ0v) is 13.5. The van der Waals surface area contributed by atoms with Gasteiger partial charge in [0.15, 0.2) is 5.75 Å². The van der Waals surface area contributed by atoms with Crippen molar-refractivity contribution >= 4 is 40.8 Å². The summed E-state index contributed by atoms with van der Waals surface area (Å²) >= 11 is 17.8. The molecule has 4 nitrogen and oxygen atoms in total. The Morgan fingerprint density at radius 1 is 1.00 bits per heavy atom. The number of hydrogen-bond donors (Lipinski definition) is 1. The van der Waals surface area contributed by atoms with E-state index in [1.165, 1.54) is 24.3 Å². The number of halogens is 3. The summed E-state index contributed by atoms with van der Waals surface area (Å²) in [4.78, 5) is 10.9. The number of ether oxygens (including phenoxy) is 2. The van der Waals surface area contributed by atoms with Crippen molar-refractivity contribution in [2.75, 3.05) is 13.2 Å². The number of aromatic carboxylic acids is 1. The summed E-state index contributed by atoms with van der Waals surface area (Å²) in [6.07, 6.45) is 0. The van der Waals surface area contributed by atoms with E-state index >= 15 is 0 Å². The van der Waals surface area contributed by atoms with Crippen LogP contribution in [-0.2, 0) is 0 Å². The highest BCUT2D eigenvalue weighted by Gasteiger charge is 2.09. The molecule has 0 amide bonds. The summed E-state index contributed by atoms with van der Waals surface area (Å²) in [6, 6.07) is 9.24. The Kier molecular flexibility index (Phi) is 5.77. The fourth-order valence-corrected chi connectivity index (χ4v) is 2.62. The van der Waals surface area contributed by atoms with Gasteiger partial charge in [0, 0.05) is 5.02 Å². The Balaban J connectivity index is 1.90. The zero-order valence-electron chi connectivity index (χ0n) is 11.2. The zero-order chi connectivity index (χ0) is 16.1. The van der Waals surface area contributed by atoms with Crippen LogP contribution in [0.5, 0.6) is 11.5 Å². The highest BCUT2D eigenvalue weighted by Crippen LogP contribution is 2.35. The van der Waals surface area contributed by atoms with Crippen LogP contribution in [0.25, 0.3) is 0 Å². The second kappa shape index (κ2) is 7.58. The van der Waals surface area contributed by atoms with Crippen LogP contribution in [0.2, 0.25) is 15.1 Å². The molecule has 2 rings (SSSR count). The van der Waals surface area contributed by atoms with Crippen molar-refractivity contribution in [3.05, 3.63) is 57.0 Å². The minimum atomic E-state index is -1.01. The summed E-state index contributed by atoms with van der Waals surface area (Å²) in [5, 5.41) is 9.93. The minimum Gasteiger partial charge on any atom is -0.490 e. The Labute approximate surface area is 142 Å². The maximum absolute atomic E-state index is 10.9. The lowest BCUT2D eigenvalue weighted by Crippen LogP contribution is -2.10. The smallest absolute Gasteiger partial charge is 0.335 e. The summed E-state index contributed by atoms with van der Waals surface area (Å²) < 4.78 is 10.9. The molecule has 0 bridgehead atoms. The standard InChI is InChI=1S/C15H11Cl3O4/c16-10-7-12(17)14(13(18)8-10)22-5-4-21-11-3-1-2-9(6-11)15(19)20/h1-3,6-8H,4-5H2,(H,19,20). The van der Waals surface area contributed by atoms with Gasteiger partial charge >= 0.3 is 5.97 Å². The normalized spacial score (nSPS) is 10.3. The molecular formula is C15H11Cl3O4. The summed E-state index contributed by atoms with van der Waals surface area (Å²) in [6.45, 7) is 0.400. The number of benzene rings is 2. The molecule has 2 aromatic rings. The third kappa shape index (κ3) is 4.44. The van der Waals surface area contributed by atoms with Gasteiger partial charge in [0.1, 0.15) is 19.0 Å². The average Bonchev–Trinajstić information content (AvgIpc) is 2.45. The highest BCUT2D eigenvalue weighted by molar-refractivity contribution is 6.40. The van der Waals surface area contributed by atoms with Crippen LogP contribution in [0.15, 0.2) is 36.4 Å². The molecule has 0 atom stereocenters. The second-order valence-electron chi connectivity index (χ2n) is 4.23. The largest absolute Gasteiger partial charge is 0.490 e. The van der Waals surface area contributed by atoms with Gasteiger partial charge in [0.05, 0.1) is 15.6 Å². The van der Waals surface area contributed by atoms with E-state index in [2.05, 4.69) is 0 Å². The van der Waals surface area contributed by atoms with Gasteiger partial charge in [-0.15, -0.1) is 0 Å². The fraction of sp³-hybridized carbons (Fsp3) is 0.133. The molecule has 0 aliphatic carbocycles. The third-order valence-corrected chi connectivity index (χ3v) is 3.42. The number of hydrogen-bond acceptors (Lipinski definition) is 3. The molecule has 0 saturated heterocycles. The molecule has 0 radical (unpaired) electrons. The van der Waals surface area contributed by atoms with E-state index in [9.17, 15) is 4.79 Å². The Bertz CT molecular complexity index is 665. The van der Waals surface area contributed by atoms with Gasteiger partial charge in [0.25, 0.3) is 0 Å². The topological polar surface area (TPSA) is 55.8 Å². The molecule has 7 heteroatoms. The van der Waals surface area contributed by atoms with Gasteiger partial charge in [-0.2, -0.15) is 0 Å². The van der Waals surface area contributed by atoms with E-state index in [1.54, 1.807) is 12.1 Å². The van der Waals surface area contributed by atoms with Gasteiger partial charge in [-0.3, -0.25) is 0 Å². The van der Waals surface area contributed by atoms with Crippen molar-refractivity contribution in [3.8, 4) is 11.5 Å². The summed E-state index contributed by atoms with van der Waals surface area (Å²) in [5.74, 6) is -0.242. The Morgan fingerprint density at radius 2 is 1.64 bits per heavy atom. The van der Waals surface area contributed by atoms with Crippen molar-refractivity contribution in [1.29, 1.82) is 0 Å². The molecule has 0 aliphatic heterocycles. The summed E-state index contributed by atoms with van der Waals surface area (Å²) in [5.41, 5.74) is 0.155. The summed E-state index contributed by atoms with van der Waals surface area (Å²) in [7, 11) is 0. The van der Waals surface area contributed by atoms with Crippen LogP contribution >= 0.6 is 34.8 Å². The van der Waals surface area contributed by atoms with Gasteiger partial charge in [-0.25, -0.2) is 4.79 Å². The van der Waals surface area contributed by atoms with E-state index in [-0.39, 0.29) is 18.8 Å². The molecule has 0 heterocycles. The van der Waals surface area contributed by atoms with E-state index < -0.39 is 5.97 Å². The molecule has 116 valence electrons. The molecular weight excluding hydrogens is 351 g/mol. The highest BCUT2D eigenvalue weighted by atomic mass is 35.5. The van der Waals surface area contributed by atoms with Crippen molar-refractivity contribution < 1.29 is 19.4 Å². The molecule has 0 spiro atoms. The molecule has 2 aromatic carbocycles. The Morgan fingerprint density at radius 3 is 2.27 bits per heavy atom. The lowest BCUT2D eigenvalue weighted by molar-refractivity contribution is 0.0696. The maximum Gasteiger partial charge on any atom is 0.335 e. The molecule has 1 N–H and O–H groups in total. The van der Waals surface area contributed by atoms with Gasteiger partial charge in [0.2, 0.25) is 0 Å². The predicted octanol–water partition coefficient (Wildman–Crippen LogP) is 4.80. The number of rotatable bonds is 6. The van der Waals surface area contributed by atoms with Crippen LogP contribution in [-0.4, -0.2) is 24.3 Å². The average molecular weight is 362 g/mol. The molecule has 0 aliphatic rings. The molecule has 0 unspecified atom stereocenters. The van der Waals surface area contributed by atoms with E-state index in [0.29, 0.717) is 26.6 Å². The third-order valence-electron chi connectivity index (χ3n) is 2.64. The van der Waals surface area contributed by atoms with Gasteiger partial charge in [-0.1, -0.05) is 40.9 Å². The number of carboxylic acids is 1. The minimum absolute atomic E-state index is 0.155. The van der Waals surface area contributed by atoms with E-state index in [4.69, 9.17) is 49.4 Å². The SMILES string of the molecule is O=C(O)c1cccc(OCCOc2c(Cl)cc(Cl)cc2Cl)c1. The lowest BCUT2D eigenvalue weighted by Gasteiger charge is -2.11. The fourth-order valence-electron chi connectivity index (χ4n) is 1.69. The van der Waals surface area contributed by atoms with E-state index in [1.807, 2.05) is 0 Å². The first-order valence-electron chi connectivity index (χ1n) is 6.21. The first kappa shape index (κ1) is 16.7. The first-order chi connectivity index (χ1) is 10.5. The van der Waals surface area contributed by atoms with Crippen molar-refractivity contribution in [3.63, 3.8) is 0 Å². The predicted molar refractivity (Wildman–Crippen MR) is 85.9 cm³/mol. The van der Waals surface area contributed by atoms with Gasteiger partial charge < -0.3 is 14.6 Å².